The third-order valence-electron chi connectivity index (χ3n) is 4.07. The molecule has 148 valence electrons. The average Bonchev–Trinajstić information content (AvgIpc) is 2.65. The number of aryl methyl sites for hydroxylation is 1. The minimum absolute atomic E-state index is 0. The van der Waals surface area contributed by atoms with Crippen molar-refractivity contribution in [2.24, 2.45) is 5.73 Å². The zero-order valence-corrected chi connectivity index (χ0v) is 17.1. The fraction of sp³-hybridized carbons (Fsp3) is 0.316. The molecular formula is C19H26ClN3O3S. The Kier molecular flexibility index (Phi) is 8.75. The van der Waals surface area contributed by atoms with Gasteiger partial charge in [0.15, 0.2) is 0 Å². The van der Waals surface area contributed by atoms with Gasteiger partial charge in [-0.2, -0.15) is 0 Å². The number of carbonyl (C=O) groups excluding carboxylic acids is 1. The maximum atomic E-state index is 12.9. The molecule has 0 bridgehead atoms. The van der Waals surface area contributed by atoms with E-state index in [1.54, 1.807) is 24.3 Å². The van der Waals surface area contributed by atoms with Gasteiger partial charge in [0.05, 0.1) is 10.6 Å². The monoisotopic (exact) mass is 411 g/mol. The second-order valence-electron chi connectivity index (χ2n) is 6.09. The van der Waals surface area contributed by atoms with Crippen LogP contribution in [-0.4, -0.2) is 34.5 Å². The Bertz CT molecular complexity index is 855. The van der Waals surface area contributed by atoms with E-state index in [4.69, 9.17) is 5.73 Å². The van der Waals surface area contributed by atoms with Crippen LogP contribution in [0.1, 0.15) is 28.8 Å². The lowest BCUT2D eigenvalue weighted by Crippen LogP contribution is -2.28. The summed E-state index contributed by atoms with van der Waals surface area (Å²) in [6, 6.07) is 13.3. The van der Waals surface area contributed by atoms with E-state index in [9.17, 15) is 13.2 Å². The van der Waals surface area contributed by atoms with Crippen molar-refractivity contribution in [3.63, 3.8) is 0 Å². The number of carbonyl (C=O) groups is 1. The van der Waals surface area contributed by atoms with Crippen LogP contribution in [0.3, 0.4) is 0 Å². The molecule has 27 heavy (non-hydrogen) atoms. The van der Waals surface area contributed by atoms with E-state index in [1.165, 1.54) is 23.5 Å². The molecule has 3 N–H and O–H groups in total. The maximum Gasteiger partial charge on any atom is 0.264 e. The normalized spacial score (nSPS) is 10.8. The standard InChI is InChI=1S/C19H25N3O3S.ClH/c1-15-8-10-17(11-9-15)22(2)26(24,25)18-7-5-6-16(14-18)19(23)21-13-4-3-12-20;/h5-11,14H,3-4,12-13,20H2,1-2H3,(H,21,23);1H. The fourth-order valence-electron chi connectivity index (χ4n) is 2.42. The molecule has 0 heterocycles. The molecule has 8 heteroatoms. The molecular weight excluding hydrogens is 386 g/mol. The Hall–Kier alpha value is -2.09. The summed E-state index contributed by atoms with van der Waals surface area (Å²) >= 11 is 0. The van der Waals surface area contributed by atoms with E-state index in [-0.39, 0.29) is 23.2 Å². The van der Waals surface area contributed by atoms with Crippen molar-refractivity contribution in [2.45, 2.75) is 24.7 Å². The molecule has 0 spiro atoms. The maximum absolute atomic E-state index is 12.9. The molecule has 2 aromatic rings. The van der Waals surface area contributed by atoms with Crippen LogP contribution in [0.15, 0.2) is 53.4 Å². The summed E-state index contributed by atoms with van der Waals surface area (Å²) in [5, 5.41) is 2.78. The van der Waals surface area contributed by atoms with Gasteiger partial charge in [0.1, 0.15) is 0 Å². The fourth-order valence-corrected chi connectivity index (χ4v) is 3.66. The SMILES string of the molecule is Cc1ccc(N(C)S(=O)(=O)c2cccc(C(=O)NCCCCN)c2)cc1.Cl. The molecule has 2 rings (SSSR count). The summed E-state index contributed by atoms with van der Waals surface area (Å²) in [5.41, 5.74) is 7.35. The van der Waals surface area contributed by atoms with Crippen molar-refractivity contribution in [3.8, 4) is 0 Å². The van der Waals surface area contributed by atoms with Crippen LogP contribution in [0.2, 0.25) is 0 Å². The summed E-state index contributed by atoms with van der Waals surface area (Å²) < 4.78 is 27.0. The van der Waals surface area contributed by atoms with Crippen molar-refractivity contribution in [3.05, 3.63) is 59.7 Å². The quantitative estimate of drug-likeness (QED) is 0.653. The number of nitrogens with zero attached hydrogens (tertiary/aromatic N) is 1. The molecule has 0 aliphatic heterocycles. The van der Waals surface area contributed by atoms with Crippen molar-refractivity contribution in [1.82, 2.24) is 5.32 Å². The lowest BCUT2D eigenvalue weighted by molar-refractivity contribution is 0.0953. The van der Waals surface area contributed by atoms with E-state index < -0.39 is 10.0 Å². The second kappa shape index (κ2) is 10.3. The van der Waals surface area contributed by atoms with Crippen LogP contribution in [0.5, 0.6) is 0 Å². The molecule has 0 aliphatic carbocycles. The number of hydrogen-bond acceptors (Lipinski definition) is 4. The van der Waals surface area contributed by atoms with Crippen LogP contribution < -0.4 is 15.4 Å². The number of nitrogens with two attached hydrogens (primary N) is 1. The number of benzene rings is 2. The molecule has 0 radical (unpaired) electrons. The largest absolute Gasteiger partial charge is 0.352 e. The van der Waals surface area contributed by atoms with E-state index in [2.05, 4.69) is 5.32 Å². The third kappa shape index (κ3) is 5.95. The first-order valence-corrected chi connectivity index (χ1v) is 9.94. The zero-order chi connectivity index (χ0) is 19.2. The Balaban J connectivity index is 0.00000364. The molecule has 0 aromatic heterocycles. The van der Waals surface area contributed by atoms with Gasteiger partial charge in [-0.1, -0.05) is 23.8 Å². The molecule has 0 aliphatic rings. The minimum atomic E-state index is -3.75. The highest BCUT2D eigenvalue weighted by Crippen LogP contribution is 2.23. The van der Waals surface area contributed by atoms with Gasteiger partial charge in [0, 0.05) is 19.2 Å². The molecule has 0 saturated heterocycles. The Morgan fingerprint density at radius 2 is 1.78 bits per heavy atom. The molecule has 0 saturated carbocycles. The van der Waals surface area contributed by atoms with Crippen molar-refractivity contribution >= 4 is 34.0 Å². The van der Waals surface area contributed by atoms with Gasteiger partial charge < -0.3 is 11.1 Å². The highest BCUT2D eigenvalue weighted by atomic mass is 35.5. The summed E-state index contributed by atoms with van der Waals surface area (Å²) in [4.78, 5) is 12.3. The predicted octanol–water partition coefficient (Wildman–Crippen LogP) is 2.71. The third-order valence-corrected chi connectivity index (χ3v) is 5.85. The van der Waals surface area contributed by atoms with Gasteiger partial charge in [-0.05, 0) is 56.6 Å². The van der Waals surface area contributed by atoms with E-state index in [1.807, 2.05) is 19.1 Å². The number of hydrogen-bond donors (Lipinski definition) is 2. The summed E-state index contributed by atoms with van der Waals surface area (Å²) in [6.45, 7) is 3.03. The molecule has 0 unspecified atom stereocenters. The highest BCUT2D eigenvalue weighted by Gasteiger charge is 2.22. The first-order chi connectivity index (χ1) is 12.4. The van der Waals surface area contributed by atoms with Gasteiger partial charge in [-0.15, -0.1) is 12.4 Å². The van der Waals surface area contributed by atoms with Gasteiger partial charge in [0.2, 0.25) is 0 Å². The minimum Gasteiger partial charge on any atom is -0.352 e. The van der Waals surface area contributed by atoms with Crippen LogP contribution in [0.25, 0.3) is 0 Å². The van der Waals surface area contributed by atoms with Crippen LogP contribution >= 0.6 is 12.4 Å². The number of unbranched alkanes of at least 4 members (excludes halogenated alkanes) is 1. The summed E-state index contributed by atoms with van der Waals surface area (Å²) in [7, 11) is -2.25. The highest BCUT2D eigenvalue weighted by molar-refractivity contribution is 7.92. The second-order valence-corrected chi connectivity index (χ2v) is 8.06. The first kappa shape index (κ1) is 23.0. The molecule has 1 amide bonds. The van der Waals surface area contributed by atoms with Gasteiger partial charge >= 0.3 is 0 Å². The Morgan fingerprint density at radius 3 is 2.41 bits per heavy atom. The van der Waals surface area contributed by atoms with Gasteiger partial charge in [-0.25, -0.2) is 8.42 Å². The van der Waals surface area contributed by atoms with E-state index in [0.717, 1.165) is 18.4 Å². The number of nitrogens with one attached hydrogen (secondary N) is 1. The number of anilines is 1. The van der Waals surface area contributed by atoms with Crippen molar-refractivity contribution < 1.29 is 13.2 Å². The zero-order valence-electron chi connectivity index (χ0n) is 15.5. The molecule has 0 fully saturated rings. The van der Waals surface area contributed by atoms with E-state index >= 15 is 0 Å². The molecule has 2 aromatic carbocycles. The smallest absolute Gasteiger partial charge is 0.264 e. The van der Waals surface area contributed by atoms with Crippen molar-refractivity contribution in [2.75, 3.05) is 24.4 Å². The number of amides is 1. The van der Waals surface area contributed by atoms with Gasteiger partial charge in [-0.3, -0.25) is 9.10 Å². The van der Waals surface area contributed by atoms with Crippen LogP contribution in [0, 0.1) is 6.92 Å². The Labute approximate surface area is 167 Å². The average molecular weight is 412 g/mol. The number of halogens is 1. The van der Waals surface area contributed by atoms with Crippen LogP contribution in [-0.2, 0) is 10.0 Å². The number of rotatable bonds is 8. The van der Waals surface area contributed by atoms with Crippen LogP contribution in [0.4, 0.5) is 5.69 Å². The van der Waals surface area contributed by atoms with Crippen molar-refractivity contribution in [1.29, 1.82) is 0 Å². The number of sulfonamides is 1. The molecule has 6 nitrogen and oxygen atoms in total. The lowest BCUT2D eigenvalue weighted by atomic mass is 10.2. The first-order valence-electron chi connectivity index (χ1n) is 8.50. The lowest BCUT2D eigenvalue weighted by Gasteiger charge is -2.20. The molecule has 0 atom stereocenters. The predicted molar refractivity (Wildman–Crippen MR) is 111 cm³/mol. The Morgan fingerprint density at radius 1 is 1.11 bits per heavy atom. The summed E-state index contributed by atoms with van der Waals surface area (Å²) in [5.74, 6) is -0.294. The summed E-state index contributed by atoms with van der Waals surface area (Å²) in [6.07, 6.45) is 1.62. The van der Waals surface area contributed by atoms with E-state index in [0.29, 0.717) is 24.3 Å². The van der Waals surface area contributed by atoms with Gasteiger partial charge in [0.25, 0.3) is 15.9 Å². The topological polar surface area (TPSA) is 92.5 Å².